The number of aliphatic hydroxyl groups is 1. The molecule has 0 aromatic rings. The standard InChI is InChI=1S/C89H146O17P2/c1-5-9-13-17-21-25-29-33-37-40-41-44-47-50-54-58-62-66-70-74-87(92)100-80-85(106-89(94)76-72-68-64-60-56-52-48-43-39-35-31-27-23-19-15-11-7-3)82-104-108(97,98)102-78-83(90)77-101-107(95,96)103-81-84(105-88(93)75-71-67-63-59-55-51-45-36-32-28-24-20-16-12-8-4)79-99-86(91)73-69-65-61-57-53-49-46-42-38-34-30-26-22-18-14-10-6-2/h10-11,14-15,21-28,33-39,41,44-46,48-49,52,57,61,83-85,90H,5-9,12-13,16-20,29-32,40,42-43,47,50-51,53-56,58-60,62-82H2,1-4H3,(H,95,96)(H,97,98)/b14-10-,15-11-,25-21-,26-22-,27-23-,28-24-,37-33-,38-34-,39-35-,44-41-,45-36-,49-46-,52-48-,61-57-. The number of ether oxygens (including phenoxy) is 4. The van der Waals surface area contributed by atoms with Gasteiger partial charge in [0.05, 0.1) is 26.4 Å². The third-order valence-electron chi connectivity index (χ3n) is 16.6. The highest BCUT2D eigenvalue weighted by Gasteiger charge is 2.30. The summed E-state index contributed by atoms with van der Waals surface area (Å²) in [5, 5.41) is 10.7. The lowest BCUT2D eigenvalue weighted by atomic mass is 10.1. The van der Waals surface area contributed by atoms with Gasteiger partial charge in [0.15, 0.2) is 12.2 Å². The first-order chi connectivity index (χ1) is 52.7. The van der Waals surface area contributed by atoms with E-state index in [0.29, 0.717) is 32.1 Å². The normalized spacial score (nSPS) is 14.7. The second kappa shape index (κ2) is 79.5. The molecule has 0 saturated carbocycles. The van der Waals surface area contributed by atoms with E-state index < -0.39 is 97.5 Å². The van der Waals surface area contributed by atoms with E-state index in [1.54, 1.807) is 0 Å². The molecule has 0 radical (unpaired) electrons. The minimum Gasteiger partial charge on any atom is -0.462 e. The Bertz CT molecular complexity index is 2710. The third-order valence-corrected chi connectivity index (χ3v) is 18.5. The Morgan fingerprint density at radius 2 is 0.491 bits per heavy atom. The van der Waals surface area contributed by atoms with E-state index in [4.69, 9.17) is 37.0 Å². The fourth-order valence-electron chi connectivity index (χ4n) is 10.4. The Morgan fingerprint density at radius 3 is 0.778 bits per heavy atom. The van der Waals surface area contributed by atoms with E-state index in [9.17, 15) is 43.2 Å². The summed E-state index contributed by atoms with van der Waals surface area (Å²) in [5.74, 6) is -2.31. The van der Waals surface area contributed by atoms with Gasteiger partial charge < -0.3 is 33.8 Å². The molecule has 0 fully saturated rings. The molecule has 0 aliphatic rings. The van der Waals surface area contributed by atoms with E-state index in [1.807, 2.05) is 12.2 Å². The molecular formula is C89H146O17P2. The molecular weight excluding hydrogens is 1400 g/mol. The number of allylic oxidation sites excluding steroid dienone is 28. The lowest BCUT2D eigenvalue weighted by Gasteiger charge is -2.21. The average Bonchev–Trinajstić information content (AvgIpc) is 0.906. The van der Waals surface area contributed by atoms with Gasteiger partial charge in [0.2, 0.25) is 0 Å². The molecule has 0 aromatic heterocycles. The topological polar surface area (TPSA) is 237 Å². The lowest BCUT2D eigenvalue weighted by molar-refractivity contribution is -0.161. The zero-order valence-electron chi connectivity index (χ0n) is 67.2. The highest BCUT2D eigenvalue weighted by atomic mass is 31.2. The van der Waals surface area contributed by atoms with Gasteiger partial charge in [-0.15, -0.1) is 0 Å². The van der Waals surface area contributed by atoms with Crippen molar-refractivity contribution >= 4 is 39.5 Å². The van der Waals surface area contributed by atoms with Crippen LogP contribution < -0.4 is 0 Å². The molecule has 0 aromatic carbocycles. The van der Waals surface area contributed by atoms with Gasteiger partial charge in [0.1, 0.15) is 19.3 Å². The first kappa shape index (κ1) is 102. The highest BCUT2D eigenvalue weighted by Crippen LogP contribution is 2.45. The number of carbonyl (C=O) groups is 4. The maximum absolute atomic E-state index is 13.1. The number of rotatable bonds is 76. The van der Waals surface area contributed by atoms with Crippen LogP contribution in [0.5, 0.6) is 0 Å². The summed E-state index contributed by atoms with van der Waals surface area (Å²) in [7, 11) is -10.0. The first-order valence-corrected chi connectivity index (χ1v) is 44.4. The van der Waals surface area contributed by atoms with Crippen LogP contribution >= 0.6 is 15.6 Å². The van der Waals surface area contributed by atoms with Crippen molar-refractivity contribution < 1.29 is 80.2 Å². The Labute approximate surface area is 654 Å². The van der Waals surface area contributed by atoms with E-state index in [2.05, 4.69) is 186 Å². The lowest BCUT2D eigenvalue weighted by Crippen LogP contribution is -2.30. The van der Waals surface area contributed by atoms with Gasteiger partial charge in [-0.25, -0.2) is 9.13 Å². The van der Waals surface area contributed by atoms with Crippen molar-refractivity contribution in [3.05, 3.63) is 170 Å². The van der Waals surface area contributed by atoms with Crippen LogP contribution in [-0.2, 0) is 65.4 Å². The van der Waals surface area contributed by atoms with Crippen LogP contribution in [0.2, 0.25) is 0 Å². The van der Waals surface area contributed by atoms with E-state index in [0.717, 1.165) is 186 Å². The number of unbranched alkanes of at least 4 members (excludes halogenated alkanes) is 22. The number of phosphoric acid groups is 2. The van der Waals surface area contributed by atoms with Gasteiger partial charge in [0, 0.05) is 25.7 Å². The molecule has 0 rings (SSSR count). The number of esters is 4. The smallest absolute Gasteiger partial charge is 0.462 e. The highest BCUT2D eigenvalue weighted by molar-refractivity contribution is 7.47. The predicted molar refractivity (Wildman–Crippen MR) is 445 cm³/mol. The van der Waals surface area contributed by atoms with Crippen molar-refractivity contribution in [1.29, 1.82) is 0 Å². The average molecular weight is 1550 g/mol. The maximum Gasteiger partial charge on any atom is 0.472 e. The number of aliphatic hydroxyl groups excluding tert-OH is 1. The summed E-state index contributed by atoms with van der Waals surface area (Å²) in [4.78, 5) is 73.2. The minimum absolute atomic E-state index is 0.0566. The summed E-state index contributed by atoms with van der Waals surface area (Å²) in [6.45, 7) is 4.47. The predicted octanol–water partition coefficient (Wildman–Crippen LogP) is 24.6. The molecule has 0 aliphatic heterocycles. The summed E-state index contributed by atoms with van der Waals surface area (Å²) in [6, 6.07) is 0. The SMILES string of the molecule is CC/C=C\C/C=C\C/C=C\C/C=C\C/C=C\CCCC(=O)OCC(COP(=O)(O)OCC(O)COP(=O)(O)OCC(COC(=O)CCCCCCCC/C=C\C/C=C\C/C=C\CCCCC)OC(=O)CCCCCC/C=C\C/C=C\C/C=C\C/C=C\CC)OC(=O)CCCCCCC/C=C\C/C=C\CCCCC. The van der Waals surface area contributed by atoms with Crippen molar-refractivity contribution in [2.45, 2.75) is 329 Å². The fraction of sp³-hybridized carbons (Fsp3) is 0.640. The molecule has 0 aliphatic carbocycles. The van der Waals surface area contributed by atoms with Gasteiger partial charge in [-0.2, -0.15) is 0 Å². The third kappa shape index (κ3) is 78.5. The molecule has 5 atom stereocenters. The van der Waals surface area contributed by atoms with Crippen molar-refractivity contribution in [3.63, 3.8) is 0 Å². The molecule has 0 saturated heterocycles. The summed E-state index contributed by atoms with van der Waals surface area (Å²) < 4.78 is 68.6. The first-order valence-electron chi connectivity index (χ1n) is 41.4. The Morgan fingerprint density at radius 1 is 0.269 bits per heavy atom. The summed E-state index contributed by atoms with van der Waals surface area (Å²) in [5.41, 5.74) is 0. The molecule has 0 heterocycles. The monoisotopic (exact) mass is 1550 g/mol. The van der Waals surface area contributed by atoms with Crippen LogP contribution in [0, 0.1) is 0 Å². The van der Waals surface area contributed by atoms with Gasteiger partial charge in [-0.3, -0.25) is 37.3 Å². The molecule has 0 amide bonds. The molecule has 3 N–H and O–H groups in total. The van der Waals surface area contributed by atoms with Crippen LogP contribution in [0.1, 0.15) is 310 Å². The largest absolute Gasteiger partial charge is 0.472 e. The van der Waals surface area contributed by atoms with Crippen LogP contribution in [0.15, 0.2) is 170 Å². The number of phosphoric ester groups is 2. The van der Waals surface area contributed by atoms with E-state index in [1.165, 1.54) is 38.5 Å². The molecule has 108 heavy (non-hydrogen) atoms. The van der Waals surface area contributed by atoms with Gasteiger partial charge in [-0.1, -0.05) is 281 Å². The van der Waals surface area contributed by atoms with Crippen LogP contribution in [0.25, 0.3) is 0 Å². The van der Waals surface area contributed by atoms with Crippen molar-refractivity contribution in [1.82, 2.24) is 0 Å². The van der Waals surface area contributed by atoms with Crippen molar-refractivity contribution in [3.8, 4) is 0 Å². The van der Waals surface area contributed by atoms with E-state index in [-0.39, 0.29) is 25.7 Å². The van der Waals surface area contributed by atoms with E-state index >= 15 is 0 Å². The summed E-state index contributed by atoms with van der Waals surface area (Å²) >= 11 is 0. The van der Waals surface area contributed by atoms with Crippen molar-refractivity contribution in [2.24, 2.45) is 0 Å². The Balaban J connectivity index is 5.48. The molecule has 17 nitrogen and oxygen atoms in total. The number of carbonyl (C=O) groups excluding carboxylic acids is 4. The fourth-order valence-corrected chi connectivity index (χ4v) is 12.0. The zero-order valence-corrected chi connectivity index (χ0v) is 69.0. The van der Waals surface area contributed by atoms with Crippen molar-refractivity contribution in [2.75, 3.05) is 39.6 Å². The second-order valence-electron chi connectivity index (χ2n) is 26.9. The summed E-state index contributed by atoms with van der Waals surface area (Å²) in [6.07, 6.45) is 94.7. The number of hydrogen-bond acceptors (Lipinski definition) is 15. The quantitative estimate of drug-likeness (QED) is 0.0169. The molecule has 0 spiro atoms. The van der Waals surface area contributed by atoms with Gasteiger partial charge in [0.25, 0.3) is 0 Å². The van der Waals surface area contributed by atoms with Gasteiger partial charge >= 0.3 is 39.5 Å². The molecule has 614 valence electrons. The zero-order chi connectivity index (χ0) is 78.9. The van der Waals surface area contributed by atoms with Crippen LogP contribution in [0.3, 0.4) is 0 Å². The maximum atomic E-state index is 13.1. The molecule has 19 heteroatoms. The molecule has 5 unspecified atom stereocenters. The minimum atomic E-state index is -5.01. The van der Waals surface area contributed by atoms with Crippen LogP contribution in [-0.4, -0.2) is 96.7 Å². The Kier molecular flexibility index (Phi) is 75.4. The molecule has 0 bridgehead atoms. The second-order valence-corrected chi connectivity index (χ2v) is 29.8. The van der Waals surface area contributed by atoms with Crippen LogP contribution in [0.4, 0.5) is 0 Å². The van der Waals surface area contributed by atoms with Gasteiger partial charge in [-0.05, 0) is 173 Å². The Hall–Kier alpha value is -5.58. The number of hydrogen-bond donors (Lipinski definition) is 3.